The summed E-state index contributed by atoms with van der Waals surface area (Å²) in [6, 6.07) is 7.54. The Morgan fingerprint density at radius 2 is 2.15 bits per heavy atom. The number of anilines is 1. The van der Waals surface area contributed by atoms with Gasteiger partial charge in [-0.15, -0.1) is 0 Å². The Morgan fingerprint density at radius 1 is 1.33 bits per heavy atom. The number of hydrogen-bond acceptors (Lipinski definition) is 4. The van der Waals surface area contributed by atoms with Crippen molar-refractivity contribution in [3.63, 3.8) is 0 Å². The van der Waals surface area contributed by atoms with Gasteiger partial charge in [0.1, 0.15) is 6.73 Å². The lowest BCUT2D eigenvalue weighted by Crippen LogP contribution is -2.12. The predicted octanol–water partition coefficient (Wildman–Crippen LogP) is 3.75. The first kappa shape index (κ1) is 19.3. The average Bonchev–Trinajstić information content (AvgIpc) is 3.20. The molecule has 0 radical (unpaired) electrons. The van der Waals surface area contributed by atoms with Crippen molar-refractivity contribution in [1.82, 2.24) is 19.6 Å². The van der Waals surface area contributed by atoms with Crippen molar-refractivity contribution in [2.24, 2.45) is 0 Å². The summed E-state index contributed by atoms with van der Waals surface area (Å²) < 4.78 is 9.86. The highest BCUT2D eigenvalue weighted by Crippen LogP contribution is 2.21. The molecule has 8 heteroatoms. The summed E-state index contributed by atoms with van der Waals surface area (Å²) in [5, 5.41) is 11.5. The van der Waals surface area contributed by atoms with Gasteiger partial charge in [0.15, 0.2) is 0 Å². The Hall–Kier alpha value is -2.45. The Morgan fingerprint density at radius 3 is 2.85 bits per heavy atom. The SMILES string of the molecule is CCOCn1cc(NC(=O)c2cccc(Cn3nc(C)c(Br)c3C)c2)cn1. The van der Waals surface area contributed by atoms with Crippen LogP contribution >= 0.6 is 15.9 Å². The second kappa shape index (κ2) is 8.49. The summed E-state index contributed by atoms with van der Waals surface area (Å²) in [5.41, 5.74) is 4.24. The second-order valence-electron chi connectivity index (χ2n) is 6.19. The monoisotopic (exact) mass is 431 g/mol. The number of nitrogens with one attached hydrogen (secondary N) is 1. The number of hydrogen-bond donors (Lipinski definition) is 1. The highest BCUT2D eigenvalue weighted by Gasteiger charge is 2.11. The molecule has 1 amide bonds. The van der Waals surface area contributed by atoms with Crippen LogP contribution in [-0.2, 0) is 18.0 Å². The van der Waals surface area contributed by atoms with E-state index in [4.69, 9.17) is 4.74 Å². The van der Waals surface area contributed by atoms with Crippen LogP contribution in [0.15, 0.2) is 41.1 Å². The van der Waals surface area contributed by atoms with E-state index in [1.165, 1.54) is 0 Å². The molecule has 27 heavy (non-hydrogen) atoms. The Balaban J connectivity index is 1.70. The summed E-state index contributed by atoms with van der Waals surface area (Å²) in [4.78, 5) is 12.6. The molecule has 0 unspecified atom stereocenters. The van der Waals surface area contributed by atoms with E-state index in [1.807, 2.05) is 43.7 Å². The summed E-state index contributed by atoms with van der Waals surface area (Å²) in [7, 11) is 0. The molecule has 2 heterocycles. The smallest absolute Gasteiger partial charge is 0.255 e. The zero-order chi connectivity index (χ0) is 19.4. The minimum Gasteiger partial charge on any atom is -0.360 e. The van der Waals surface area contributed by atoms with E-state index in [9.17, 15) is 4.79 Å². The molecule has 1 aromatic carbocycles. The minimum atomic E-state index is -0.178. The maximum absolute atomic E-state index is 12.6. The zero-order valence-electron chi connectivity index (χ0n) is 15.6. The summed E-state index contributed by atoms with van der Waals surface area (Å²) in [6.45, 7) is 7.47. The molecule has 0 saturated heterocycles. The fourth-order valence-corrected chi connectivity index (χ4v) is 2.98. The van der Waals surface area contributed by atoms with Crippen LogP contribution in [0.1, 0.15) is 34.2 Å². The first-order chi connectivity index (χ1) is 13.0. The van der Waals surface area contributed by atoms with Crippen molar-refractivity contribution in [3.8, 4) is 0 Å². The molecule has 0 bridgehead atoms. The van der Waals surface area contributed by atoms with Gasteiger partial charge in [-0.25, -0.2) is 4.68 Å². The van der Waals surface area contributed by atoms with E-state index < -0.39 is 0 Å². The molecule has 7 nitrogen and oxygen atoms in total. The van der Waals surface area contributed by atoms with Crippen molar-refractivity contribution >= 4 is 27.5 Å². The molecule has 0 atom stereocenters. The average molecular weight is 432 g/mol. The molecule has 3 rings (SSSR count). The third-order valence-electron chi connectivity index (χ3n) is 4.13. The van der Waals surface area contributed by atoms with Gasteiger partial charge in [-0.1, -0.05) is 12.1 Å². The number of ether oxygens (including phenoxy) is 1. The topological polar surface area (TPSA) is 74.0 Å². The maximum atomic E-state index is 12.6. The van der Waals surface area contributed by atoms with E-state index in [0.717, 1.165) is 21.4 Å². The van der Waals surface area contributed by atoms with Crippen LogP contribution in [0.3, 0.4) is 0 Å². The van der Waals surface area contributed by atoms with E-state index >= 15 is 0 Å². The van der Waals surface area contributed by atoms with E-state index in [2.05, 4.69) is 31.4 Å². The third-order valence-corrected chi connectivity index (χ3v) is 5.28. The van der Waals surface area contributed by atoms with Gasteiger partial charge in [0.25, 0.3) is 5.91 Å². The zero-order valence-corrected chi connectivity index (χ0v) is 17.2. The standard InChI is InChI=1S/C19H22BrN5O2/c1-4-27-12-24-11-17(9-21-24)22-19(26)16-7-5-6-15(8-16)10-25-14(3)18(20)13(2)23-25/h5-9,11H,4,10,12H2,1-3H3,(H,22,26). The minimum absolute atomic E-state index is 0.178. The first-order valence-electron chi connectivity index (χ1n) is 8.68. The fraction of sp³-hybridized carbons (Fsp3) is 0.316. The molecule has 0 aliphatic carbocycles. The number of aryl methyl sites for hydroxylation is 1. The van der Waals surface area contributed by atoms with Crippen molar-refractivity contribution < 1.29 is 9.53 Å². The number of amides is 1. The number of carbonyl (C=O) groups is 1. The number of benzene rings is 1. The van der Waals surface area contributed by atoms with Gasteiger partial charge in [0.05, 0.1) is 40.5 Å². The summed E-state index contributed by atoms with van der Waals surface area (Å²) in [5.74, 6) is -0.178. The number of aromatic nitrogens is 4. The highest BCUT2D eigenvalue weighted by atomic mass is 79.9. The molecule has 0 spiro atoms. The molecule has 142 valence electrons. The van der Waals surface area contributed by atoms with Crippen LogP contribution in [0.5, 0.6) is 0 Å². The molecular formula is C19H22BrN5O2. The van der Waals surface area contributed by atoms with Crippen LogP contribution in [-0.4, -0.2) is 32.1 Å². The van der Waals surface area contributed by atoms with Crippen molar-refractivity contribution in [2.45, 2.75) is 34.0 Å². The molecular weight excluding hydrogens is 410 g/mol. The van der Waals surface area contributed by atoms with Gasteiger partial charge in [0.2, 0.25) is 0 Å². The second-order valence-corrected chi connectivity index (χ2v) is 6.98. The number of halogens is 1. The molecule has 1 N–H and O–H groups in total. The number of carbonyl (C=O) groups excluding carboxylic acids is 1. The van der Waals surface area contributed by atoms with Gasteiger partial charge in [-0.2, -0.15) is 10.2 Å². The van der Waals surface area contributed by atoms with Crippen LogP contribution in [0, 0.1) is 13.8 Å². The van der Waals surface area contributed by atoms with E-state index in [1.54, 1.807) is 23.1 Å². The van der Waals surface area contributed by atoms with Gasteiger partial charge in [0, 0.05) is 12.2 Å². The highest BCUT2D eigenvalue weighted by molar-refractivity contribution is 9.10. The number of rotatable bonds is 7. The lowest BCUT2D eigenvalue weighted by atomic mass is 10.1. The van der Waals surface area contributed by atoms with Crippen molar-refractivity contribution in [1.29, 1.82) is 0 Å². The van der Waals surface area contributed by atoms with Crippen LogP contribution < -0.4 is 5.32 Å². The van der Waals surface area contributed by atoms with Crippen LogP contribution in [0.2, 0.25) is 0 Å². The Kier molecular flexibility index (Phi) is 6.08. The fourth-order valence-electron chi connectivity index (χ4n) is 2.70. The van der Waals surface area contributed by atoms with E-state index in [0.29, 0.717) is 31.1 Å². The third kappa shape index (κ3) is 4.64. The Labute approximate surface area is 166 Å². The molecule has 3 aromatic rings. The van der Waals surface area contributed by atoms with Crippen molar-refractivity contribution in [2.75, 3.05) is 11.9 Å². The molecule has 2 aromatic heterocycles. The first-order valence-corrected chi connectivity index (χ1v) is 9.47. The number of nitrogens with zero attached hydrogens (tertiary/aromatic N) is 4. The van der Waals surface area contributed by atoms with Crippen molar-refractivity contribution in [3.05, 3.63) is 63.6 Å². The quantitative estimate of drug-likeness (QED) is 0.617. The lowest BCUT2D eigenvalue weighted by Gasteiger charge is -2.08. The molecule has 0 aliphatic rings. The summed E-state index contributed by atoms with van der Waals surface area (Å²) in [6.07, 6.45) is 3.35. The largest absolute Gasteiger partial charge is 0.360 e. The maximum Gasteiger partial charge on any atom is 0.255 e. The predicted molar refractivity (Wildman–Crippen MR) is 107 cm³/mol. The molecule has 0 fully saturated rings. The molecule has 0 aliphatic heterocycles. The van der Waals surface area contributed by atoms with Gasteiger partial charge in [-0.3, -0.25) is 9.48 Å². The van der Waals surface area contributed by atoms with Gasteiger partial charge in [-0.05, 0) is 54.4 Å². The lowest BCUT2D eigenvalue weighted by molar-refractivity contribution is 0.0792. The van der Waals surface area contributed by atoms with E-state index in [-0.39, 0.29) is 5.91 Å². The molecule has 0 saturated carbocycles. The summed E-state index contributed by atoms with van der Waals surface area (Å²) >= 11 is 3.54. The normalized spacial score (nSPS) is 11.0. The van der Waals surface area contributed by atoms with Crippen LogP contribution in [0.25, 0.3) is 0 Å². The van der Waals surface area contributed by atoms with Gasteiger partial charge >= 0.3 is 0 Å². The van der Waals surface area contributed by atoms with Crippen LogP contribution in [0.4, 0.5) is 5.69 Å². The Bertz CT molecular complexity index is 947. The van der Waals surface area contributed by atoms with Gasteiger partial charge < -0.3 is 10.1 Å².